The predicted molar refractivity (Wildman–Crippen MR) is 37.6 cm³/mol. The second kappa shape index (κ2) is 3.46. The van der Waals surface area contributed by atoms with Crippen molar-refractivity contribution >= 4 is 5.78 Å². The highest BCUT2D eigenvalue weighted by Gasteiger charge is 2.30. The van der Waals surface area contributed by atoms with Crippen LogP contribution in [-0.2, 0) is 4.79 Å². The largest absolute Gasteiger partial charge is 0.389 e. The molecular formula is C8H11F3O. The minimum atomic E-state index is -4.18. The third-order valence-electron chi connectivity index (χ3n) is 1.90. The van der Waals surface area contributed by atoms with Crippen molar-refractivity contribution in [3.05, 3.63) is 0 Å². The molecule has 0 aromatic rings. The van der Waals surface area contributed by atoms with E-state index < -0.39 is 12.6 Å². The Labute approximate surface area is 68.9 Å². The molecule has 0 spiro atoms. The molecule has 1 aliphatic rings. The van der Waals surface area contributed by atoms with Gasteiger partial charge in [-0.25, -0.2) is 0 Å². The zero-order valence-electron chi connectivity index (χ0n) is 6.66. The van der Waals surface area contributed by atoms with Crippen LogP contribution in [0.5, 0.6) is 0 Å². The molecule has 4 heteroatoms. The first-order valence-electron chi connectivity index (χ1n) is 4.06. The van der Waals surface area contributed by atoms with Crippen molar-refractivity contribution in [2.75, 3.05) is 0 Å². The highest BCUT2D eigenvalue weighted by molar-refractivity contribution is 5.78. The van der Waals surface area contributed by atoms with E-state index in [-0.39, 0.29) is 12.2 Å². The van der Waals surface area contributed by atoms with Crippen LogP contribution in [0.1, 0.15) is 32.1 Å². The zero-order valence-corrected chi connectivity index (χ0v) is 6.66. The highest BCUT2D eigenvalue weighted by Crippen LogP contribution is 2.33. The summed E-state index contributed by atoms with van der Waals surface area (Å²) in [5.74, 6) is 0.153. The Balaban J connectivity index is 2.09. The molecule has 0 amide bonds. The SMILES string of the molecule is O=C(CCC(F)(F)F)CC1CC1. The molecule has 0 atom stereocenters. The van der Waals surface area contributed by atoms with E-state index in [2.05, 4.69) is 0 Å². The van der Waals surface area contributed by atoms with Crippen LogP contribution in [0.15, 0.2) is 0 Å². The highest BCUT2D eigenvalue weighted by atomic mass is 19.4. The molecular weight excluding hydrogens is 169 g/mol. The first-order chi connectivity index (χ1) is 5.47. The standard InChI is InChI=1S/C8H11F3O/c9-8(10,11)4-3-7(12)5-6-1-2-6/h6H,1-5H2. The number of carbonyl (C=O) groups excluding carboxylic acids is 1. The first kappa shape index (κ1) is 9.55. The average Bonchev–Trinajstić information content (AvgIpc) is 2.66. The van der Waals surface area contributed by atoms with Crippen LogP contribution in [0.4, 0.5) is 13.2 Å². The molecule has 1 aliphatic carbocycles. The number of carbonyl (C=O) groups is 1. The Morgan fingerprint density at radius 1 is 1.33 bits per heavy atom. The average molecular weight is 180 g/mol. The molecule has 1 saturated carbocycles. The predicted octanol–water partition coefficient (Wildman–Crippen LogP) is 2.70. The van der Waals surface area contributed by atoms with Crippen LogP contribution in [0.2, 0.25) is 0 Å². The van der Waals surface area contributed by atoms with Gasteiger partial charge in [0.1, 0.15) is 5.78 Å². The van der Waals surface area contributed by atoms with Crippen molar-refractivity contribution in [3.8, 4) is 0 Å². The number of ketones is 1. The van der Waals surface area contributed by atoms with Crippen LogP contribution >= 0.6 is 0 Å². The van der Waals surface area contributed by atoms with Gasteiger partial charge in [0, 0.05) is 12.8 Å². The van der Waals surface area contributed by atoms with Crippen molar-refractivity contribution in [2.45, 2.75) is 38.3 Å². The van der Waals surface area contributed by atoms with E-state index >= 15 is 0 Å². The van der Waals surface area contributed by atoms with Gasteiger partial charge >= 0.3 is 6.18 Å². The lowest BCUT2D eigenvalue weighted by atomic mass is 10.1. The summed E-state index contributed by atoms with van der Waals surface area (Å²) in [6, 6.07) is 0. The van der Waals surface area contributed by atoms with Crippen molar-refractivity contribution in [2.24, 2.45) is 5.92 Å². The molecule has 0 heterocycles. The number of halogens is 3. The Morgan fingerprint density at radius 3 is 2.33 bits per heavy atom. The summed E-state index contributed by atoms with van der Waals surface area (Å²) in [5, 5.41) is 0. The van der Waals surface area contributed by atoms with E-state index in [0.29, 0.717) is 12.3 Å². The maximum absolute atomic E-state index is 11.6. The lowest BCUT2D eigenvalue weighted by Gasteiger charge is -2.04. The van der Waals surface area contributed by atoms with Crippen LogP contribution < -0.4 is 0 Å². The minimum Gasteiger partial charge on any atom is -0.300 e. The third kappa shape index (κ3) is 4.36. The molecule has 0 aromatic heterocycles. The molecule has 0 aliphatic heterocycles. The number of Topliss-reactive ketones (excluding diaryl/α,β-unsaturated/α-hetero) is 1. The summed E-state index contributed by atoms with van der Waals surface area (Å²) in [6.45, 7) is 0. The van der Waals surface area contributed by atoms with Crippen LogP contribution in [0.3, 0.4) is 0 Å². The van der Waals surface area contributed by atoms with Gasteiger partial charge in [-0.15, -0.1) is 0 Å². The van der Waals surface area contributed by atoms with E-state index in [9.17, 15) is 18.0 Å². The van der Waals surface area contributed by atoms with Gasteiger partial charge in [-0.2, -0.15) is 13.2 Å². The minimum absolute atomic E-state index is 0.241. The van der Waals surface area contributed by atoms with E-state index in [0.717, 1.165) is 12.8 Å². The summed E-state index contributed by atoms with van der Waals surface area (Å²) < 4.78 is 34.9. The van der Waals surface area contributed by atoms with E-state index in [4.69, 9.17) is 0 Å². The Bertz CT molecular complexity index is 170. The van der Waals surface area contributed by atoms with Crippen molar-refractivity contribution < 1.29 is 18.0 Å². The smallest absolute Gasteiger partial charge is 0.300 e. The van der Waals surface area contributed by atoms with E-state index in [1.807, 2.05) is 0 Å². The Morgan fingerprint density at radius 2 is 1.92 bits per heavy atom. The van der Waals surface area contributed by atoms with Gasteiger partial charge in [0.25, 0.3) is 0 Å². The molecule has 70 valence electrons. The molecule has 1 nitrogen and oxygen atoms in total. The molecule has 0 N–H and O–H groups in total. The summed E-state index contributed by atoms with van der Waals surface area (Å²) in [6.07, 6.45) is -3.09. The van der Waals surface area contributed by atoms with Gasteiger partial charge in [0.15, 0.2) is 0 Å². The number of alkyl halides is 3. The topological polar surface area (TPSA) is 17.1 Å². The number of rotatable bonds is 4. The quantitative estimate of drug-likeness (QED) is 0.650. The Kier molecular flexibility index (Phi) is 2.75. The van der Waals surface area contributed by atoms with Crippen molar-refractivity contribution in [3.63, 3.8) is 0 Å². The monoisotopic (exact) mass is 180 g/mol. The van der Waals surface area contributed by atoms with E-state index in [1.165, 1.54) is 0 Å². The molecule has 0 radical (unpaired) electrons. The van der Waals surface area contributed by atoms with Crippen molar-refractivity contribution in [1.82, 2.24) is 0 Å². The molecule has 0 bridgehead atoms. The zero-order chi connectivity index (χ0) is 9.19. The second-order valence-electron chi connectivity index (χ2n) is 3.30. The van der Waals surface area contributed by atoms with Gasteiger partial charge < -0.3 is 0 Å². The van der Waals surface area contributed by atoms with Gasteiger partial charge in [-0.1, -0.05) is 0 Å². The molecule has 0 aromatic carbocycles. The molecule has 0 saturated heterocycles. The van der Waals surface area contributed by atoms with Crippen molar-refractivity contribution in [1.29, 1.82) is 0 Å². The fourth-order valence-corrected chi connectivity index (χ4v) is 1.03. The third-order valence-corrected chi connectivity index (χ3v) is 1.90. The summed E-state index contributed by atoms with van der Waals surface area (Å²) in [5.41, 5.74) is 0. The van der Waals surface area contributed by atoms with Crippen LogP contribution in [-0.4, -0.2) is 12.0 Å². The maximum atomic E-state index is 11.6. The summed E-state index contributed by atoms with van der Waals surface area (Å²) in [7, 11) is 0. The van der Waals surface area contributed by atoms with Gasteiger partial charge in [-0.05, 0) is 18.8 Å². The second-order valence-corrected chi connectivity index (χ2v) is 3.30. The fourth-order valence-electron chi connectivity index (χ4n) is 1.03. The van der Waals surface area contributed by atoms with E-state index in [1.54, 1.807) is 0 Å². The lowest BCUT2D eigenvalue weighted by Crippen LogP contribution is -2.10. The lowest BCUT2D eigenvalue weighted by molar-refractivity contribution is -0.143. The number of hydrogen-bond donors (Lipinski definition) is 0. The molecule has 12 heavy (non-hydrogen) atoms. The van der Waals surface area contributed by atoms with Gasteiger partial charge in [0.2, 0.25) is 0 Å². The molecule has 1 fully saturated rings. The van der Waals surface area contributed by atoms with Gasteiger partial charge in [-0.3, -0.25) is 4.79 Å². The summed E-state index contributed by atoms with van der Waals surface area (Å²) in [4.78, 5) is 10.8. The van der Waals surface area contributed by atoms with Gasteiger partial charge in [0.05, 0.1) is 6.42 Å². The number of hydrogen-bond acceptors (Lipinski definition) is 1. The first-order valence-corrected chi connectivity index (χ1v) is 4.06. The fraction of sp³-hybridized carbons (Fsp3) is 0.875. The molecule has 0 unspecified atom stereocenters. The maximum Gasteiger partial charge on any atom is 0.389 e. The van der Waals surface area contributed by atoms with Crippen LogP contribution in [0.25, 0.3) is 0 Å². The summed E-state index contributed by atoms with van der Waals surface area (Å²) >= 11 is 0. The van der Waals surface area contributed by atoms with Crippen LogP contribution in [0, 0.1) is 5.92 Å². The normalized spacial score (nSPS) is 17.9. The molecule has 1 rings (SSSR count). The Hall–Kier alpha value is -0.540.